The highest BCUT2D eigenvalue weighted by atomic mass is 16.1. The fourth-order valence-electron chi connectivity index (χ4n) is 6.10. The van der Waals surface area contributed by atoms with Crippen molar-refractivity contribution >= 4 is 5.91 Å². The molecule has 0 radical (unpaired) electrons. The highest BCUT2D eigenvalue weighted by Crippen LogP contribution is 2.53. The van der Waals surface area contributed by atoms with Crippen LogP contribution < -0.4 is 11.1 Å². The summed E-state index contributed by atoms with van der Waals surface area (Å²) in [4.78, 5) is 12.6. The van der Waals surface area contributed by atoms with Gasteiger partial charge in [-0.05, 0) is 93.9 Å². The molecule has 0 heterocycles. The summed E-state index contributed by atoms with van der Waals surface area (Å²) in [6, 6.07) is 0.512. The fraction of sp³-hybridized carbons (Fsp3) is 0.944. The van der Waals surface area contributed by atoms with E-state index in [4.69, 9.17) is 5.73 Å². The van der Waals surface area contributed by atoms with Crippen LogP contribution in [0.5, 0.6) is 0 Å². The molecule has 0 aromatic rings. The summed E-state index contributed by atoms with van der Waals surface area (Å²) in [6.07, 6.45) is 11.4. The van der Waals surface area contributed by atoms with E-state index in [1.165, 1.54) is 32.1 Å². The standard InChI is InChI=1S/C18H30N2O/c19-10-11-1-3-14(4-2-11)18(21)20-17-15-6-12-5-13(8-15)9-16(17)7-12/h11-17H,1-10,19H2,(H,20,21). The van der Waals surface area contributed by atoms with Crippen LogP contribution in [-0.4, -0.2) is 18.5 Å². The average Bonchev–Trinajstić information content (AvgIpc) is 2.50. The van der Waals surface area contributed by atoms with Gasteiger partial charge in [0.05, 0.1) is 0 Å². The third kappa shape index (κ3) is 2.62. The van der Waals surface area contributed by atoms with Crippen LogP contribution in [0, 0.1) is 35.5 Å². The first-order valence-electron chi connectivity index (χ1n) is 9.23. The first-order valence-corrected chi connectivity index (χ1v) is 9.23. The Morgan fingerprint density at radius 1 is 0.905 bits per heavy atom. The van der Waals surface area contributed by atoms with Crippen molar-refractivity contribution in [1.82, 2.24) is 5.32 Å². The summed E-state index contributed by atoms with van der Waals surface area (Å²) in [5.41, 5.74) is 5.75. The predicted octanol–water partition coefficient (Wildman–Crippen LogP) is 2.69. The number of hydrogen-bond acceptors (Lipinski definition) is 2. The predicted molar refractivity (Wildman–Crippen MR) is 83.5 cm³/mol. The normalized spacial score (nSPS) is 48.3. The zero-order valence-corrected chi connectivity index (χ0v) is 13.1. The van der Waals surface area contributed by atoms with Gasteiger partial charge < -0.3 is 11.1 Å². The molecule has 5 rings (SSSR count). The maximum Gasteiger partial charge on any atom is 0.223 e. The van der Waals surface area contributed by atoms with Crippen LogP contribution >= 0.6 is 0 Å². The lowest BCUT2D eigenvalue weighted by Gasteiger charge is -2.54. The molecule has 1 amide bonds. The molecule has 5 fully saturated rings. The van der Waals surface area contributed by atoms with Crippen LogP contribution in [-0.2, 0) is 4.79 Å². The van der Waals surface area contributed by atoms with Crippen molar-refractivity contribution < 1.29 is 4.79 Å². The molecular weight excluding hydrogens is 260 g/mol. The molecule has 3 nitrogen and oxygen atoms in total. The summed E-state index contributed by atoms with van der Waals surface area (Å²) in [5.74, 6) is 4.86. The Hall–Kier alpha value is -0.570. The zero-order valence-electron chi connectivity index (χ0n) is 13.1. The van der Waals surface area contributed by atoms with Gasteiger partial charge in [-0.2, -0.15) is 0 Å². The van der Waals surface area contributed by atoms with Crippen molar-refractivity contribution in [3.05, 3.63) is 0 Å². The molecular formula is C18H30N2O. The Morgan fingerprint density at radius 3 is 2.00 bits per heavy atom. The van der Waals surface area contributed by atoms with Gasteiger partial charge in [-0.3, -0.25) is 4.79 Å². The molecule has 4 bridgehead atoms. The SMILES string of the molecule is NCC1CCC(C(=O)NC2C3CC4CC(C3)CC2C4)CC1. The Bertz CT molecular complexity index is 372. The van der Waals surface area contributed by atoms with Crippen LogP contribution in [0.4, 0.5) is 0 Å². The highest BCUT2D eigenvalue weighted by Gasteiger charge is 2.48. The average molecular weight is 290 g/mol. The van der Waals surface area contributed by atoms with Crippen molar-refractivity contribution in [1.29, 1.82) is 0 Å². The van der Waals surface area contributed by atoms with E-state index in [0.717, 1.165) is 55.9 Å². The molecule has 21 heavy (non-hydrogen) atoms. The van der Waals surface area contributed by atoms with Crippen molar-refractivity contribution in [3.8, 4) is 0 Å². The van der Waals surface area contributed by atoms with E-state index in [1.54, 1.807) is 0 Å². The third-order valence-corrected chi connectivity index (χ3v) is 7.09. The second kappa shape index (κ2) is 5.57. The summed E-state index contributed by atoms with van der Waals surface area (Å²) >= 11 is 0. The monoisotopic (exact) mass is 290 g/mol. The lowest BCUT2D eigenvalue weighted by atomic mass is 9.54. The minimum Gasteiger partial charge on any atom is -0.353 e. The maximum atomic E-state index is 12.6. The molecule has 5 aliphatic carbocycles. The van der Waals surface area contributed by atoms with Crippen LogP contribution in [0.1, 0.15) is 57.8 Å². The highest BCUT2D eigenvalue weighted by molar-refractivity contribution is 5.79. The van der Waals surface area contributed by atoms with Gasteiger partial charge in [0.2, 0.25) is 5.91 Å². The van der Waals surface area contributed by atoms with Gasteiger partial charge in [0.15, 0.2) is 0 Å². The summed E-state index contributed by atoms with van der Waals surface area (Å²) in [6.45, 7) is 0.796. The van der Waals surface area contributed by atoms with Gasteiger partial charge in [-0.15, -0.1) is 0 Å². The molecule has 0 aliphatic heterocycles. The first kappa shape index (κ1) is 14.0. The van der Waals surface area contributed by atoms with Gasteiger partial charge in [-0.1, -0.05) is 0 Å². The van der Waals surface area contributed by atoms with Crippen LogP contribution in [0.25, 0.3) is 0 Å². The molecule has 3 heteroatoms. The molecule has 5 aliphatic rings. The van der Waals surface area contributed by atoms with Gasteiger partial charge in [0.1, 0.15) is 0 Å². The van der Waals surface area contributed by atoms with Gasteiger partial charge >= 0.3 is 0 Å². The van der Waals surface area contributed by atoms with E-state index in [-0.39, 0.29) is 5.92 Å². The molecule has 0 atom stereocenters. The zero-order chi connectivity index (χ0) is 14.4. The maximum absolute atomic E-state index is 12.6. The number of hydrogen-bond donors (Lipinski definition) is 2. The third-order valence-electron chi connectivity index (χ3n) is 7.09. The number of carbonyl (C=O) groups excluding carboxylic acids is 1. The fourth-order valence-corrected chi connectivity index (χ4v) is 6.10. The Labute approximate surface area is 128 Å². The molecule has 0 aromatic heterocycles. The quantitative estimate of drug-likeness (QED) is 0.839. The lowest BCUT2D eigenvalue weighted by molar-refractivity contribution is -0.130. The molecule has 0 aromatic carbocycles. The van der Waals surface area contributed by atoms with Crippen molar-refractivity contribution in [2.24, 2.45) is 41.2 Å². The molecule has 5 saturated carbocycles. The lowest BCUT2D eigenvalue weighted by Crippen LogP contribution is -2.56. The van der Waals surface area contributed by atoms with Crippen LogP contribution in [0.3, 0.4) is 0 Å². The van der Waals surface area contributed by atoms with E-state index in [0.29, 0.717) is 17.9 Å². The number of amides is 1. The van der Waals surface area contributed by atoms with E-state index < -0.39 is 0 Å². The van der Waals surface area contributed by atoms with Gasteiger partial charge in [0.25, 0.3) is 0 Å². The van der Waals surface area contributed by atoms with Gasteiger partial charge in [-0.25, -0.2) is 0 Å². The number of nitrogens with one attached hydrogen (secondary N) is 1. The smallest absolute Gasteiger partial charge is 0.223 e. The molecule has 0 spiro atoms. The van der Waals surface area contributed by atoms with E-state index in [2.05, 4.69) is 5.32 Å². The Balaban J connectivity index is 1.35. The topological polar surface area (TPSA) is 55.1 Å². The van der Waals surface area contributed by atoms with Crippen LogP contribution in [0.15, 0.2) is 0 Å². The number of carbonyl (C=O) groups is 1. The first-order chi connectivity index (χ1) is 10.2. The minimum absolute atomic E-state index is 0.269. The van der Waals surface area contributed by atoms with Crippen molar-refractivity contribution in [3.63, 3.8) is 0 Å². The van der Waals surface area contributed by atoms with Crippen LogP contribution in [0.2, 0.25) is 0 Å². The largest absolute Gasteiger partial charge is 0.353 e. The second-order valence-corrected chi connectivity index (χ2v) is 8.42. The van der Waals surface area contributed by atoms with Gasteiger partial charge in [0, 0.05) is 12.0 Å². The van der Waals surface area contributed by atoms with E-state index >= 15 is 0 Å². The van der Waals surface area contributed by atoms with Crippen molar-refractivity contribution in [2.75, 3.05) is 6.54 Å². The minimum atomic E-state index is 0.269. The summed E-state index contributed by atoms with van der Waals surface area (Å²) < 4.78 is 0. The second-order valence-electron chi connectivity index (χ2n) is 8.42. The number of rotatable bonds is 3. The molecule has 118 valence electrons. The molecule has 3 N–H and O–H groups in total. The number of nitrogens with two attached hydrogens (primary N) is 1. The molecule has 0 unspecified atom stereocenters. The Kier molecular flexibility index (Phi) is 3.72. The summed E-state index contributed by atoms with van der Waals surface area (Å²) in [5, 5.41) is 3.49. The van der Waals surface area contributed by atoms with E-state index in [1.807, 2.05) is 0 Å². The summed E-state index contributed by atoms with van der Waals surface area (Å²) in [7, 11) is 0. The van der Waals surface area contributed by atoms with E-state index in [9.17, 15) is 4.79 Å². The Morgan fingerprint density at radius 2 is 1.48 bits per heavy atom. The molecule has 0 saturated heterocycles. The van der Waals surface area contributed by atoms with Crippen molar-refractivity contribution in [2.45, 2.75) is 63.8 Å².